The summed E-state index contributed by atoms with van der Waals surface area (Å²) in [6, 6.07) is 7.92. The largest absolute Gasteiger partial charge is 0.426 e. The molecule has 1 aliphatic heterocycles. The Hall–Kier alpha value is -1.31. The second kappa shape index (κ2) is 3.62. The molecule has 3 rings (SSSR count). The van der Waals surface area contributed by atoms with Crippen molar-refractivity contribution in [1.29, 1.82) is 0 Å². The van der Waals surface area contributed by atoms with Crippen LogP contribution < -0.4 is 4.74 Å². The van der Waals surface area contributed by atoms with Crippen LogP contribution >= 0.6 is 0 Å². The minimum atomic E-state index is -0.202. The average Bonchev–Trinajstić information content (AvgIpc) is 2.32. The van der Waals surface area contributed by atoms with Crippen molar-refractivity contribution in [3.63, 3.8) is 0 Å². The van der Waals surface area contributed by atoms with Gasteiger partial charge in [-0.05, 0) is 30.9 Å². The standard InChI is InChI=1S/C14H16O2/c15-13-14(8-4-1-5-9-14)10-11-6-2-3-7-12(11)16-13/h2-3,6-7H,1,4-5,8-10H2. The molecule has 1 aliphatic carbocycles. The van der Waals surface area contributed by atoms with E-state index in [0.29, 0.717) is 0 Å². The molecular weight excluding hydrogens is 200 g/mol. The highest BCUT2D eigenvalue weighted by atomic mass is 16.5. The number of fused-ring (bicyclic) bond motifs is 1. The van der Waals surface area contributed by atoms with Gasteiger partial charge in [-0.25, -0.2) is 0 Å². The molecule has 1 spiro atoms. The lowest BCUT2D eigenvalue weighted by atomic mass is 9.69. The minimum Gasteiger partial charge on any atom is -0.426 e. The third-order valence-electron chi connectivity index (χ3n) is 3.95. The highest BCUT2D eigenvalue weighted by Crippen LogP contribution is 2.44. The maximum Gasteiger partial charge on any atom is 0.317 e. The van der Waals surface area contributed by atoms with Crippen molar-refractivity contribution in [3.05, 3.63) is 29.8 Å². The Labute approximate surface area is 95.6 Å². The van der Waals surface area contributed by atoms with Gasteiger partial charge >= 0.3 is 5.97 Å². The first kappa shape index (κ1) is 9.88. The van der Waals surface area contributed by atoms with Gasteiger partial charge in [0.1, 0.15) is 5.75 Å². The Bertz CT molecular complexity index is 416. The van der Waals surface area contributed by atoms with E-state index in [1.54, 1.807) is 0 Å². The van der Waals surface area contributed by atoms with Crippen molar-refractivity contribution in [3.8, 4) is 5.75 Å². The van der Waals surface area contributed by atoms with E-state index >= 15 is 0 Å². The topological polar surface area (TPSA) is 26.3 Å². The molecule has 0 radical (unpaired) electrons. The highest BCUT2D eigenvalue weighted by Gasteiger charge is 2.44. The third-order valence-corrected chi connectivity index (χ3v) is 3.95. The Balaban J connectivity index is 1.97. The lowest BCUT2D eigenvalue weighted by molar-refractivity contribution is -0.149. The van der Waals surface area contributed by atoms with Gasteiger partial charge in [-0.2, -0.15) is 0 Å². The number of rotatable bonds is 0. The molecule has 84 valence electrons. The van der Waals surface area contributed by atoms with Gasteiger partial charge in [0.05, 0.1) is 5.41 Å². The predicted octanol–water partition coefficient (Wildman–Crippen LogP) is 3.10. The lowest BCUT2D eigenvalue weighted by Gasteiger charge is -2.38. The zero-order valence-corrected chi connectivity index (χ0v) is 9.37. The van der Waals surface area contributed by atoms with Crippen LogP contribution in [0.15, 0.2) is 24.3 Å². The number of ether oxygens (including phenoxy) is 1. The molecule has 0 unspecified atom stereocenters. The number of carbonyl (C=O) groups excluding carboxylic acids is 1. The van der Waals surface area contributed by atoms with Crippen LogP contribution in [0, 0.1) is 5.41 Å². The molecule has 0 saturated heterocycles. The second-order valence-corrected chi connectivity index (χ2v) is 5.02. The summed E-state index contributed by atoms with van der Waals surface area (Å²) in [5, 5.41) is 0. The summed E-state index contributed by atoms with van der Waals surface area (Å²) < 4.78 is 5.49. The van der Waals surface area contributed by atoms with E-state index in [2.05, 4.69) is 6.07 Å². The molecule has 0 aromatic heterocycles. The van der Waals surface area contributed by atoms with Crippen LogP contribution in [0.2, 0.25) is 0 Å². The third kappa shape index (κ3) is 1.44. The fourth-order valence-electron chi connectivity index (χ4n) is 3.00. The van der Waals surface area contributed by atoms with Gasteiger partial charge in [-0.15, -0.1) is 0 Å². The highest BCUT2D eigenvalue weighted by molar-refractivity contribution is 5.82. The van der Waals surface area contributed by atoms with Crippen molar-refractivity contribution in [2.45, 2.75) is 38.5 Å². The number of para-hydroxylation sites is 1. The molecule has 0 bridgehead atoms. The van der Waals surface area contributed by atoms with Crippen LogP contribution in [0.25, 0.3) is 0 Å². The van der Waals surface area contributed by atoms with E-state index in [0.717, 1.165) is 37.9 Å². The summed E-state index contributed by atoms with van der Waals surface area (Å²) in [6.45, 7) is 0. The molecule has 1 saturated carbocycles. The molecule has 1 heterocycles. The molecular formula is C14H16O2. The van der Waals surface area contributed by atoms with Crippen LogP contribution in [-0.4, -0.2) is 5.97 Å². The van der Waals surface area contributed by atoms with E-state index in [9.17, 15) is 4.79 Å². The average molecular weight is 216 g/mol. The maximum atomic E-state index is 12.1. The molecule has 0 N–H and O–H groups in total. The Morgan fingerprint density at radius 1 is 1.06 bits per heavy atom. The lowest BCUT2D eigenvalue weighted by Crippen LogP contribution is -2.41. The zero-order valence-electron chi connectivity index (χ0n) is 9.37. The minimum absolute atomic E-state index is 0.00546. The van der Waals surface area contributed by atoms with E-state index in [-0.39, 0.29) is 11.4 Å². The molecule has 1 aromatic rings. The van der Waals surface area contributed by atoms with Gasteiger partial charge in [0.15, 0.2) is 0 Å². The van der Waals surface area contributed by atoms with Gasteiger partial charge in [0.2, 0.25) is 0 Å². The van der Waals surface area contributed by atoms with Crippen molar-refractivity contribution >= 4 is 5.97 Å². The number of esters is 1. The van der Waals surface area contributed by atoms with E-state index < -0.39 is 0 Å². The summed E-state index contributed by atoms with van der Waals surface area (Å²) in [5.41, 5.74) is 0.996. The first-order valence-electron chi connectivity index (χ1n) is 6.10. The SMILES string of the molecule is O=C1Oc2ccccc2CC12CCCCC2. The van der Waals surface area contributed by atoms with Crippen LogP contribution in [0.4, 0.5) is 0 Å². The van der Waals surface area contributed by atoms with Gasteiger partial charge in [-0.3, -0.25) is 4.79 Å². The summed E-state index contributed by atoms with van der Waals surface area (Å²) in [5.74, 6) is 0.773. The Kier molecular flexibility index (Phi) is 2.23. The second-order valence-electron chi connectivity index (χ2n) is 5.02. The van der Waals surface area contributed by atoms with Crippen molar-refractivity contribution < 1.29 is 9.53 Å². The van der Waals surface area contributed by atoms with Crippen molar-refractivity contribution in [2.24, 2.45) is 5.41 Å². The Morgan fingerprint density at radius 3 is 2.62 bits per heavy atom. The fourth-order valence-corrected chi connectivity index (χ4v) is 3.00. The first-order chi connectivity index (χ1) is 7.80. The van der Waals surface area contributed by atoms with Crippen LogP contribution in [0.5, 0.6) is 5.75 Å². The Morgan fingerprint density at radius 2 is 1.81 bits per heavy atom. The fraction of sp³-hybridized carbons (Fsp3) is 0.500. The van der Waals surface area contributed by atoms with Crippen LogP contribution in [-0.2, 0) is 11.2 Å². The summed E-state index contributed by atoms with van der Waals surface area (Å²) in [4.78, 5) is 12.1. The molecule has 1 aromatic carbocycles. The maximum absolute atomic E-state index is 12.1. The normalized spacial score (nSPS) is 22.6. The van der Waals surface area contributed by atoms with Gasteiger partial charge in [0.25, 0.3) is 0 Å². The summed E-state index contributed by atoms with van der Waals surface area (Å²) in [6.07, 6.45) is 6.47. The van der Waals surface area contributed by atoms with Gasteiger partial charge < -0.3 is 4.74 Å². The molecule has 1 fully saturated rings. The molecule has 2 heteroatoms. The predicted molar refractivity (Wildman–Crippen MR) is 61.3 cm³/mol. The van der Waals surface area contributed by atoms with E-state index in [4.69, 9.17) is 4.74 Å². The number of hydrogen-bond donors (Lipinski definition) is 0. The quantitative estimate of drug-likeness (QED) is 0.492. The first-order valence-corrected chi connectivity index (χ1v) is 6.10. The van der Waals surface area contributed by atoms with Gasteiger partial charge in [0, 0.05) is 0 Å². The van der Waals surface area contributed by atoms with Crippen LogP contribution in [0.1, 0.15) is 37.7 Å². The summed E-state index contributed by atoms with van der Waals surface area (Å²) in [7, 11) is 0. The van der Waals surface area contributed by atoms with Gasteiger partial charge in [-0.1, -0.05) is 37.5 Å². The van der Waals surface area contributed by atoms with Crippen LogP contribution in [0.3, 0.4) is 0 Å². The molecule has 0 atom stereocenters. The van der Waals surface area contributed by atoms with E-state index in [1.807, 2.05) is 18.2 Å². The number of benzene rings is 1. The number of carbonyl (C=O) groups is 1. The van der Waals surface area contributed by atoms with E-state index in [1.165, 1.54) is 12.0 Å². The summed E-state index contributed by atoms with van der Waals surface area (Å²) >= 11 is 0. The van der Waals surface area contributed by atoms with Crippen molar-refractivity contribution in [2.75, 3.05) is 0 Å². The molecule has 2 aliphatic rings. The monoisotopic (exact) mass is 216 g/mol. The van der Waals surface area contributed by atoms with Crippen molar-refractivity contribution in [1.82, 2.24) is 0 Å². The molecule has 2 nitrogen and oxygen atoms in total. The number of hydrogen-bond acceptors (Lipinski definition) is 2. The molecule has 0 amide bonds. The smallest absolute Gasteiger partial charge is 0.317 e. The zero-order chi connectivity index (χ0) is 11.0. The molecule has 16 heavy (non-hydrogen) atoms.